The molecule has 2 rings (SSSR count). The average Bonchev–Trinajstić information content (AvgIpc) is 2.79. The lowest BCUT2D eigenvalue weighted by molar-refractivity contribution is -0.384. The maximum atomic E-state index is 11.6. The number of nitro benzene ring substituents is 1. The topological polar surface area (TPSA) is 89.2 Å². The summed E-state index contributed by atoms with van der Waals surface area (Å²) in [5.41, 5.74) is 5.55. The third kappa shape index (κ3) is 3.25. The van der Waals surface area contributed by atoms with Crippen molar-refractivity contribution < 1.29 is 9.72 Å². The molecule has 20 heavy (non-hydrogen) atoms. The van der Waals surface area contributed by atoms with Crippen molar-refractivity contribution >= 4 is 51.7 Å². The minimum absolute atomic E-state index is 0.0155. The van der Waals surface area contributed by atoms with Gasteiger partial charge in [-0.1, -0.05) is 12.2 Å². The number of amides is 1. The van der Waals surface area contributed by atoms with Gasteiger partial charge in [-0.2, -0.15) is 0 Å². The number of nitrogens with one attached hydrogen (secondary N) is 2. The Morgan fingerprint density at radius 1 is 1.40 bits per heavy atom. The van der Waals surface area contributed by atoms with Crippen molar-refractivity contribution in [1.82, 2.24) is 15.4 Å². The molecule has 0 saturated carbocycles. The molecule has 0 aliphatic heterocycles. The number of thiocarbonyl (C=S) groups is 1. The molecule has 104 valence electrons. The molecule has 2 aromatic rings. The second kappa shape index (κ2) is 5.88. The Morgan fingerprint density at radius 2 is 2.15 bits per heavy atom. The fourth-order valence-electron chi connectivity index (χ4n) is 1.76. The molecule has 0 unspecified atom stereocenters. The Balaban J connectivity index is 2.17. The highest BCUT2D eigenvalue weighted by Gasteiger charge is 2.10. The molecule has 0 radical (unpaired) electrons. The van der Waals surface area contributed by atoms with Crippen LogP contribution in [-0.4, -0.2) is 19.7 Å². The SMILES string of the molecule is O=C(Cn1ccc2cc([N+](=O)[O-])ccc21)NNC(=S)S. The second-order valence-electron chi connectivity index (χ2n) is 3.92. The lowest BCUT2D eigenvalue weighted by atomic mass is 10.2. The molecule has 1 heterocycles. The highest BCUT2D eigenvalue weighted by molar-refractivity contribution is 8.11. The van der Waals surface area contributed by atoms with Crippen LogP contribution < -0.4 is 10.9 Å². The number of rotatable bonds is 3. The molecule has 9 heteroatoms. The van der Waals surface area contributed by atoms with E-state index < -0.39 is 4.92 Å². The van der Waals surface area contributed by atoms with Crippen LogP contribution in [0.15, 0.2) is 30.5 Å². The Bertz CT molecular complexity index is 698. The Kier molecular flexibility index (Phi) is 4.20. The van der Waals surface area contributed by atoms with Gasteiger partial charge in [0.25, 0.3) is 11.6 Å². The van der Waals surface area contributed by atoms with Crippen molar-refractivity contribution in [2.75, 3.05) is 0 Å². The quantitative estimate of drug-likeness (QED) is 0.345. The highest BCUT2D eigenvalue weighted by atomic mass is 32.1. The van der Waals surface area contributed by atoms with Crippen LogP contribution in [-0.2, 0) is 11.3 Å². The number of hydrazine groups is 1. The van der Waals surface area contributed by atoms with Gasteiger partial charge in [-0.25, -0.2) is 0 Å². The number of non-ortho nitro benzene ring substituents is 1. The number of benzene rings is 1. The number of hydrogen-bond acceptors (Lipinski definition) is 4. The van der Waals surface area contributed by atoms with Crippen LogP contribution >= 0.6 is 24.8 Å². The smallest absolute Gasteiger partial charge is 0.270 e. The maximum absolute atomic E-state index is 11.6. The molecule has 0 saturated heterocycles. The van der Waals surface area contributed by atoms with Gasteiger partial charge < -0.3 is 4.57 Å². The molecule has 7 nitrogen and oxygen atoms in total. The Hall–Kier alpha value is -2.13. The molecular formula is C11H10N4O3S2. The zero-order valence-corrected chi connectivity index (χ0v) is 11.8. The van der Waals surface area contributed by atoms with Crippen LogP contribution in [0.4, 0.5) is 5.69 Å². The molecular weight excluding hydrogens is 300 g/mol. The number of carbonyl (C=O) groups is 1. The molecule has 0 aliphatic rings. The molecule has 1 aromatic carbocycles. The number of aromatic nitrogens is 1. The predicted molar refractivity (Wildman–Crippen MR) is 81.5 cm³/mol. The standard InChI is InChI=1S/C11H10N4O3S2/c16-10(12-13-11(19)20)6-14-4-3-7-5-8(15(17)18)1-2-9(7)14/h1-5H,6H2,(H,12,16)(H2,13,19,20). The minimum Gasteiger partial charge on any atom is -0.338 e. The summed E-state index contributed by atoms with van der Waals surface area (Å²) in [6, 6.07) is 6.19. The third-order valence-corrected chi connectivity index (χ3v) is 2.80. The van der Waals surface area contributed by atoms with Crippen molar-refractivity contribution in [3.05, 3.63) is 40.6 Å². The van der Waals surface area contributed by atoms with E-state index in [4.69, 9.17) is 0 Å². The number of hydrogen-bond donors (Lipinski definition) is 3. The molecule has 1 aromatic heterocycles. The summed E-state index contributed by atoms with van der Waals surface area (Å²) in [6.45, 7) is 0.0602. The summed E-state index contributed by atoms with van der Waals surface area (Å²) in [5, 5.41) is 11.4. The first kappa shape index (κ1) is 14.3. The molecule has 0 bridgehead atoms. The predicted octanol–water partition coefficient (Wildman–Crippen LogP) is 1.38. The fraction of sp³-hybridized carbons (Fsp3) is 0.0909. The molecule has 2 N–H and O–H groups in total. The van der Waals surface area contributed by atoms with Crippen LogP contribution in [0.2, 0.25) is 0 Å². The Labute approximate surface area is 124 Å². The van der Waals surface area contributed by atoms with Gasteiger partial charge in [0, 0.05) is 29.2 Å². The van der Waals surface area contributed by atoms with Crippen molar-refractivity contribution in [1.29, 1.82) is 0 Å². The van der Waals surface area contributed by atoms with Crippen molar-refractivity contribution in [3.8, 4) is 0 Å². The lowest BCUT2D eigenvalue weighted by Gasteiger charge is -2.07. The second-order valence-corrected chi connectivity index (χ2v) is 5.08. The van der Waals surface area contributed by atoms with Gasteiger partial charge in [-0.05, 0) is 12.1 Å². The van der Waals surface area contributed by atoms with Crippen LogP contribution in [0.3, 0.4) is 0 Å². The lowest BCUT2D eigenvalue weighted by Crippen LogP contribution is -2.40. The van der Waals surface area contributed by atoms with Crippen LogP contribution in [0.1, 0.15) is 0 Å². The summed E-state index contributed by atoms with van der Waals surface area (Å²) in [7, 11) is 0. The molecule has 0 fully saturated rings. The largest absolute Gasteiger partial charge is 0.338 e. The molecule has 0 aliphatic carbocycles. The first-order valence-electron chi connectivity index (χ1n) is 5.48. The first-order valence-corrected chi connectivity index (χ1v) is 6.34. The molecule has 0 spiro atoms. The monoisotopic (exact) mass is 310 g/mol. The summed E-state index contributed by atoms with van der Waals surface area (Å²) in [5.74, 6) is -0.308. The molecule has 1 amide bonds. The van der Waals surface area contributed by atoms with E-state index in [1.54, 1.807) is 22.9 Å². The number of nitro groups is 1. The highest BCUT2D eigenvalue weighted by Crippen LogP contribution is 2.21. The van der Waals surface area contributed by atoms with E-state index in [0.717, 1.165) is 5.52 Å². The zero-order chi connectivity index (χ0) is 14.7. The van der Waals surface area contributed by atoms with Crippen LogP contribution in [0.5, 0.6) is 0 Å². The van der Waals surface area contributed by atoms with Crippen molar-refractivity contribution in [2.24, 2.45) is 0 Å². The number of nitrogens with zero attached hydrogens (tertiary/aromatic N) is 2. The number of carbonyl (C=O) groups excluding carboxylic acids is 1. The summed E-state index contributed by atoms with van der Waals surface area (Å²) in [6.07, 6.45) is 1.69. The van der Waals surface area contributed by atoms with E-state index in [9.17, 15) is 14.9 Å². The van der Waals surface area contributed by atoms with Gasteiger partial charge in [0.15, 0.2) is 0 Å². The van der Waals surface area contributed by atoms with E-state index in [-0.39, 0.29) is 22.5 Å². The zero-order valence-electron chi connectivity index (χ0n) is 10.1. The van der Waals surface area contributed by atoms with E-state index in [2.05, 4.69) is 35.7 Å². The van der Waals surface area contributed by atoms with Crippen LogP contribution in [0.25, 0.3) is 10.9 Å². The van der Waals surface area contributed by atoms with E-state index in [1.807, 2.05) is 0 Å². The van der Waals surface area contributed by atoms with Crippen LogP contribution in [0, 0.1) is 10.1 Å². The van der Waals surface area contributed by atoms with Gasteiger partial charge in [-0.3, -0.25) is 25.8 Å². The summed E-state index contributed by atoms with van der Waals surface area (Å²) < 4.78 is 1.84. The van der Waals surface area contributed by atoms with Gasteiger partial charge in [0.05, 0.1) is 4.92 Å². The average molecular weight is 310 g/mol. The normalized spacial score (nSPS) is 10.2. The number of fused-ring (bicyclic) bond motifs is 1. The minimum atomic E-state index is -0.457. The number of thiol groups is 1. The maximum Gasteiger partial charge on any atom is 0.270 e. The first-order chi connectivity index (χ1) is 9.47. The summed E-state index contributed by atoms with van der Waals surface area (Å²) in [4.78, 5) is 21.9. The summed E-state index contributed by atoms with van der Waals surface area (Å²) >= 11 is 8.46. The van der Waals surface area contributed by atoms with E-state index in [1.165, 1.54) is 12.1 Å². The fourth-order valence-corrected chi connectivity index (χ4v) is 1.86. The van der Waals surface area contributed by atoms with Crippen molar-refractivity contribution in [3.63, 3.8) is 0 Å². The molecule has 0 atom stereocenters. The third-order valence-electron chi connectivity index (χ3n) is 2.59. The van der Waals surface area contributed by atoms with E-state index in [0.29, 0.717) is 5.39 Å². The Morgan fingerprint density at radius 3 is 2.80 bits per heavy atom. The van der Waals surface area contributed by atoms with E-state index >= 15 is 0 Å². The van der Waals surface area contributed by atoms with Gasteiger partial charge in [0.2, 0.25) is 0 Å². The van der Waals surface area contributed by atoms with Crippen molar-refractivity contribution in [2.45, 2.75) is 6.54 Å². The van der Waals surface area contributed by atoms with Gasteiger partial charge >= 0.3 is 0 Å². The van der Waals surface area contributed by atoms with Gasteiger partial charge in [-0.15, -0.1) is 12.6 Å². The van der Waals surface area contributed by atoms with Gasteiger partial charge in [0.1, 0.15) is 10.9 Å².